The number of nitrogen functional groups attached to an aromatic ring is 1. The van der Waals surface area contributed by atoms with Crippen molar-refractivity contribution in [2.24, 2.45) is 11.8 Å². The average Bonchev–Trinajstić information content (AvgIpc) is 2.86. The lowest BCUT2D eigenvalue weighted by Gasteiger charge is -2.06. The van der Waals surface area contributed by atoms with Gasteiger partial charge in [0.05, 0.1) is 6.20 Å². The van der Waals surface area contributed by atoms with E-state index >= 15 is 0 Å². The molecule has 0 amide bonds. The number of allylic oxidation sites excluding steroid dienone is 1. The Morgan fingerprint density at radius 2 is 2.36 bits per heavy atom. The standard InChI is InChI=1S/C11H13FN2/c1-6-3-8(6)7(2)9-4-11(13)14-5-10(9)12/h4-6,8H,2-3H2,1H3,(H2,13,14). The summed E-state index contributed by atoms with van der Waals surface area (Å²) in [6.07, 6.45) is 2.25. The van der Waals surface area contributed by atoms with Gasteiger partial charge in [-0.25, -0.2) is 9.37 Å². The zero-order valence-electron chi connectivity index (χ0n) is 8.13. The summed E-state index contributed by atoms with van der Waals surface area (Å²) in [5.74, 6) is 1.06. The number of halogens is 1. The van der Waals surface area contributed by atoms with Gasteiger partial charge in [-0.1, -0.05) is 13.5 Å². The maximum absolute atomic E-state index is 13.4. The van der Waals surface area contributed by atoms with Crippen molar-refractivity contribution in [3.05, 3.63) is 30.2 Å². The molecule has 0 spiro atoms. The molecule has 1 aliphatic carbocycles. The van der Waals surface area contributed by atoms with E-state index in [0.29, 0.717) is 23.2 Å². The Morgan fingerprint density at radius 1 is 1.71 bits per heavy atom. The first kappa shape index (κ1) is 9.19. The van der Waals surface area contributed by atoms with Crippen molar-refractivity contribution in [2.75, 3.05) is 5.73 Å². The molecule has 1 saturated carbocycles. The Kier molecular flexibility index (Phi) is 2.02. The fourth-order valence-corrected chi connectivity index (χ4v) is 1.71. The van der Waals surface area contributed by atoms with Crippen molar-refractivity contribution < 1.29 is 4.39 Å². The first-order valence-corrected chi connectivity index (χ1v) is 4.69. The minimum atomic E-state index is -0.330. The molecule has 1 aromatic rings. The summed E-state index contributed by atoms with van der Waals surface area (Å²) in [6, 6.07) is 1.56. The number of aromatic nitrogens is 1. The van der Waals surface area contributed by atoms with E-state index in [1.54, 1.807) is 6.07 Å². The first-order chi connectivity index (χ1) is 6.59. The van der Waals surface area contributed by atoms with Gasteiger partial charge >= 0.3 is 0 Å². The second-order valence-electron chi connectivity index (χ2n) is 3.93. The van der Waals surface area contributed by atoms with Crippen LogP contribution in [-0.4, -0.2) is 4.98 Å². The number of pyridine rings is 1. The van der Waals surface area contributed by atoms with Gasteiger partial charge in [-0.05, 0) is 29.9 Å². The Bertz CT molecular complexity index is 387. The molecule has 2 nitrogen and oxygen atoms in total. The van der Waals surface area contributed by atoms with Crippen LogP contribution in [0.1, 0.15) is 18.9 Å². The molecule has 0 bridgehead atoms. The molecule has 2 rings (SSSR count). The molecular weight excluding hydrogens is 179 g/mol. The van der Waals surface area contributed by atoms with E-state index in [-0.39, 0.29) is 5.82 Å². The predicted octanol–water partition coefficient (Wildman–Crippen LogP) is 2.47. The highest BCUT2D eigenvalue weighted by Gasteiger charge is 2.36. The number of nitrogens with two attached hydrogens (primary N) is 1. The first-order valence-electron chi connectivity index (χ1n) is 4.69. The number of hydrogen-bond acceptors (Lipinski definition) is 2. The second kappa shape index (κ2) is 3.08. The van der Waals surface area contributed by atoms with E-state index in [9.17, 15) is 4.39 Å². The molecule has 74 valence electrons. The van der Waals surface area contributed by atoms with Crippen molar-refractivity contribution >= 4 is 11.4 Å². The number of hydrogen-bond donors (Lipinski definition) is 1. The van der Waals surface area contributed by atoms with Crippen LogP contribution in [0.15, 0.2) is 18.8 Å². The summed E-state index contributed by atoms with van der Waals surface area (Å²) in [5, 5.41) is 0. The molecule has 0 saturated heterocycles. The highest BCUT2D eigenvalue weighted by Crippen LogP contribution is 2.47. The zero-order chi connectivity index (χ0) is 10.3. The molecule has 1 aromatic heterocycles. The highest BCUT2D eigenvalue weighted by atomic mass is 19.1. The largest absolute Gasteiger partial charge is 0.384 e. The molecule has 2 atom stereocenters. The maximum Gasteiger partial charge on any atom is 0.149 e. The molecule has 1 aliphatic rings. The molecule has 2 unspecified atom stereocenters. The molecule has 2 N–H and O–H groups in total. The quantitative estimate of drug-likeness (QED) is 0.781. The molecule has 1 heterocycles. The fraction of sp³-hybridized carbons (Fsp3) is 0.364. The van der Waals surface area contributed by atoms with Gasteiger partial charge < -0.3 is 5.73 Å². The molecule has 0 aliphatic heterocycles. The van der Waals surface area contributed by atoms with Gasteiger partial charge in [0, 0.05) is 5.56 Å². The van der Waals surface area contributed by atoms with Gasteiger partial charge in [0.15, 0.2) is 0 Å². The minimum absolute atomic E-state index is 0.330. The summed E-state index contributed by atoms with van der Waals surface area (Å²) >= 11 is 0. The van der Waals surface area contributed by atoms with Crippen molar-refractivity contribution in [1.29, 1.82) is 0 Å². The molecule has 14 heavy (non-hydrogen) atoms. The highest BCUT2D eigenvalue weighted by molar-refractivity contribution is 5.69. The Labute approximate surface area is 82.7 Å². The van der Waals surface area contributed by atoms with Crippen molar-refractivity contribution in [2.45, 2.75) is 13.3 Å². The minimum Gasteiger partial charge on any atom is -0.384 e. The molecule has 3 heteroatoms. The van der Waals surface area contributed by atoms with E-state index in [1.165, 1.54) is 0 Å². The Morgan fingerprint density at radius 3 is 2.93 bits per heavy atom. The van der Waals surface area contributed by atoms with E-state index in [0.717, 1.165) is 18.2 Å². The lowest BCUT2D eigenvalue weighted by atomic mass is 10.0. The SMILES string of the molecule is C=C(c1cc(N)ncc1F)C1CC1C. The molecular formula is C11H13FN2. The lowest BCUT2D eigenvalue weighted by Crippen LogP contribution is -1.97. The smallest absolute Gasteiger partial charge is 0.149 e. The summed E-state index contributed by atoms with van der Waals surface area (Å²) < 4.78 is 13.4. The zero-order valence-corrected chi connectivity index (χ0v) is 8.13. The van der Waals surface area contributed by atoms with Crippen LogP contribution in [0.5, 0.6) is 0 Å². The van der Waals surface area contributed by atoms with Gasteiger partial charge in [-0.3, -0.25) is 0 Å². The van der Waals surface area contributed by atoms with E-state index in [2.05, 4.69) is 18.5 Å². The van der Waals surface area contributed by atoms with Crippen LogP contribution in [0.3, 0.4) is 0 Å². The number of nitrogens with zero attached hydrogens (tertiary/aromatic N) is 1. The van der Waals surface area contributed by atoms with Gasteiger partial charge in [0.25, 0.3) is 0 Å². The van der Waals surface area contributed by atoms with Crippen molar-refractivity contribution in [3.63, 3.8) is 0 Å². The Hall–Kier alpha value is -1.38. The van der Waals surface area contributed by atoms with Crippen LogP contribution in [-0.2, 0) is 0 Å². The number of rotatable bonds is 2. The van der Waals surface area contributed by atoms with Crippen LogP contribution in [0.2, 0.25) is 0 Å². The molecule has 0 radical (unpaired) electrons. The van der Waals surface area contributed by atoms with Crippen molar-refractivity contribution in [1.82, 2.24) is 4.98 Å². The third-order valence-electron chi connectivity index (χ3n) is 2.78. The summed E-state index contributed by atoms with van der Waals surface area (Å²) in [7, 11) is 0. The van der Waals surface area contributed by atoms with Crippen LogP contribution in [0, 0.1) is 17.7 Å². The van der Waals surface area contributed by atoms with E-state index in [4.69, 9.17) is 5.73 Å². The van der Waals surface area contributed by atoms with Gasteiger partial charge in [-0.2, -0.15) is 0 Å². The number of anilines is 1. The Balaban J connectivity index is 2.31. The van der Waals surface area contributed by atoms with E-state index < -0.39 is 0 Å². The summed E-state index contributed by atoms with van der Waals surface area (Å²) in [6.45, 7) is 6.05. The summed E-state index contributed by atoms with van der Waals surface area (Å²) in [5.41, 5.74) is 6.87. The topological polar surface area (TPSA) is 38.9 Å². The molecule has 1 fully saturated rings. The van der Waals surface area contributed by atoms with Crippen molar-refractivity contribution in [3.8, 4) is 0 Å². The van der Waals surface area contributed by atoms with Crippen LogP contribution in [0.25, 0.3) is 5.57 Å². The fourth-order valence-electron chi connectivity index (χ4n) is 1.71. The maximum atomic E-state index is 13.4. The van der Waals surface area contributed by atoms with Gasteiger partial charge in [0.1, 0.15) is 11.6 Å². The third-order valence-corrected chi connectivity index (χ3v) is 2.78. The normalized spacial score (nSPS) is 24.7. The molecule has 0 aromatic carbocycles. The second-order valence-corrected chi connectivity index (χ2v) is 3.93. The lowest BCUT2D eigenvalue weighted by molar-refractivity contribution is 0.616. The monoisotopic (exact) mass is 192 g/mol. The van der Waals surface area contributed by atoms with Gasteiger partial charge in [-0.15, -0.1) is 0 Å². The van der Waals surface area contributed by atoms with E-state index in [1.807, 2.05) is 0 Å². The average molecular weight is 192 g/mol. The van der Waals surface area contributed by atoms with Crippen LogP contribution >= 0.6 is 0 Å². The third kappa shape index (κ3) is 1.50. The van der Waals surface area contributed by atoms with Crippen LogP contribution < -0.4 is 5.73 Å². The van der Waals surface area contributed by atoms with Crippen LogP contribution in [0.4, 0.5) is 10.2 Å². The van der Waals surface area contributed by atoms with Gasteiger partial charge in [0.2, 0.25) is 0 Å². The predicted molar refractivity (Wildman–Crippen MR) is 54.9 cm³/mol. The summed E-state index contributed by atoms with van der Waals surface area (Å²) in [4.78, 5) is 3.68.